The number of ketones is 1. The summed E-state index contributed by atoms with van der Waals surface area (Å²) in [5.74, 6) is 0.287. The van der Waals surface area contributed by atoms with Crippen molar-refractivity contribution in [3.63, 3.8) is 0 Å². The standard InChI is InChI=1S/C13H12O.C4H8O.C2F6O5S2/c14-13-11-7-3-1-5-9(11)10-6-2-4-8-12(10)13;1-2-4-5-3-1;3-1(4,5)14(9,10)13-15(11,12)2(6,7)8/h1,3,5,7H,2,4,6,8H2;1-4H2;. The molecule has 0 aromatic heterocycles. The Kier molecular flexibility index (Phi) is 8.93. The van der Waals surface area contributed by atoms with E-state index in [-0.39, 0.29) is 5.78 Å². The van der Waals surface area contributed by atoms with Crippen molar-refractivity contribution in [3.05, 3.63) is 41.0 Å². The Labute approximate surface area is 192 Å². The minimum absolute atomic E-state index is 0.287. The maximum Gasteiger partial charge on any atom is 0.524 e. The molecule has 3 aliphatic rings. The van der Waals surface area contributed by atoms with Crippen molar-refractivity contribution in [3.8, 4) is 0 Å². The number of fused-ring (bicyclic) bond motifs is 2. The highest BCUT2D eigenvalue weighted by atomic mass is 32.3. The summed E-state index contributed by atoms with van der Waals surface area (Å²) < 4.78 is 115. The van der Waals surface area contributed by atoms with E-state index in [9.17, 15) is 48.0 Å². The first-order chi connectivity index (χ1) is 15.6. The van der Waals surface area contributed by atoms with E-state index in [1.54, 1.807) is 0 Å². The van der Waals surface area contributed by atoms with Gasteiger partial charge in [-0.15, -0.1) is 3.63 Å². The van der Waals surface area contributed by atoms with Crippen molar-refractivity contribution in [2.24, 2.45) is 0 Å². The molecule has 0 radical (unpaired) electrons. The summed E-state index contributed by atoms with van der Waals surface area (Å²) in [6.07, 6.45) is 7.06. The average molecular weight is 538 g/mol. The maximum absolute atomic E-state index is 12.0. The van der Waals surface area contributed by atoms with E-state index in [1.165, 1.54) is 36.8 Å². The molecule has 0 amide bonds. The Morgan fingerprint density at radius 1 is 0.706 bits per heavy atom. The van der Waals surface area contributed by atoms with Gasteiger partial charge in [-0.2, -0.15) is 43.2 Å². The van der Waals surface area contributed by atoms with Crippen molar-refractivity contribution < 1.29 is 56.3 Å². The van der Waals surface area contributed by atoms with Gasteiger partial charge in [-0.25, -0.2) is 0 Å². The maximum atomic E-state index is 12.0. The molecule has 1 heterocycles. The van der Waals surface area contributed by atoms with Crippen LogP contribution in [0.1, 0.15) is 54.4 Å². The third-order valence-electron chi connectivity index (χ3n) is 4.81. The minimum atomic E-state index is -6.85. The van der Waals surface area contributed by atoms with E-state index < -0.39 is 31.3 Å². The van der Waals surface area contributed by atoms with Crippen LogP contribution in [0.15, 0.2) is 29.8 Å². The fourth-order valence-corrected chi connectivity index (χ4v) is 4.83. The molecule has 0 saturated carbocycles. The molecule has 15 heteroatoms. The molecule has 0 atom stereocenters. The molecule has 0 unspecified atom stereocenters. The number of benzene rings is 1. The first-order valence-corrected chi connectivity index (χ1v) is 12.7. The second-order valence-electron chi connectivity index (χ2n) is 7.23. The van der Waals surface area contributed by atoms with Gasteiger partial charge in [0.25, 0.3) is 0 Å². The summed E-state index contributed by atoms with van der Waals surface area (Å²) >= 11 is 0. The van der Waals surface area contributed by atoms with E-state index in [4.69, 9.17) is 4.74 Å². The van der Waals surface area contributed by atoms with Crippen molar-refractivity contribution >= 4 is 31.6 Å². The molecule has 0 bridgehead atoms. The van der Waals surface area contributed by atoms with Crippen molar-refractivity contribution in [2.45, 2.75) is 49.5 Å². The molecule has 1 aromatic carbocycles. The van der Waals surface area contributed by atoms with Crippen LogP contribution < -0.4 is 0 Å². The molecule has 4 rings (SSSR count). The predicted molar refractivity (Wildman–Crippen MR) is 107 cm³/mol. The lowest BCUT2D eigenvalue weighted by Crippen LogP contribution is -2.34. The second kappa shape index (κ2) is 10.7. The quantitative estimate of drug-likeness (QED) is 0.397. The lowest BCUT2D eigenvalue weighted by atomic mass is 9.92. The summed E-state index contributed by atoms with van der Waals surface area (Å²) in [6, 6.07) is 8.02. The van der Waals surface area contributed by atoms with Gasteiger partial charge in [0.1, 0.15) is 0 Å². The molecule has 0 N–H and O–H groups in total. The zero-order valence-corrected chi connectivity index (χ0v) is 19.0. The number of hydrogen-bond acceptors (Lipinski definition) is 7. The highest BCUT2D eigenvalue weighted by Crippen LogP contribution is 2.41. The number of halogens is 6. The highest BCUT2D eigenvalue weighted by Gasteiger charge is 2.57. The smallest absolute Gasteiger partial charge is 0.381 e. The van der Waals surface area contributed by atoms with Gasteiger partial charge in [0.15, 0.2) is 5.78 Å². The largest absolute Gasteiger partial charge is 0.524 e. The summed E-state index contributed by atoms with van der Waals surface area (Å²) in [7, 11) is -13.7. The third-order valence-corrected chi connectivity index (χ3v) is 7.38. The Bertz CT molecular complexity index is 1080. The van der Waals surface area contributed by atoms with Crippen LogP contribution in [0.3, 0.4) is 0 Å². The van der Waals surface area contributed by atoms with Crippen molar-refractivity contribution in [1.29, 1.82) is 0 Å². The number of rotatable bonds is 2. The van der Waals surface area contributed by atoms with Gasteiger partial charge in [-0.1, -0.05) is 24.3 Å². The Hall–Kier alpha value is -1.97. The number of hydrogen-bond donors (Lipinski definition) is 0. The van der Waals surface area contributed by atoms with Crippen LogP contribution in [0.4, 0.5) is 26.3 Å². The van der Waals surface area contributed by atoms with Gasteiger partial charge in [0, 0.05) is 24.4 Å². The van der Waals surface area contributed by atoms with Crippen molar-refractivity contribution in [1.82, 2.24) is 0 Å². The van der Waals surface area contributed by atoms with Crippen LogP contribution in [-0.2, 0) is 28.6 Å². The average Bonchev–Trinajstić information content (AvgIpc) is 3.39. The van der Waals surface area contributed by atoms with Crippen LogP contribution in [0, 0.1) is 0 Å². The van der Waals surface area contributed by atoms with E-state index in [0.29, 0.717) is 0 Å². The minimum Gasteiger partial charge on any atom is -0.381 e. The van der Waals surface area contributed by atoms with E-state index >= 15 is 0 Å². The number of carbonyl (C=O) groups is 1. The molecule has 7 nitrogen and oxygen atoms in total. The van der Waals surface area contributed by atoms with Crippen LogP contribution >= 0.6 is 0 Å². The molecule has 192 valence electrons. The van der Waals surface area contributed by atoms with Crippen LogP contribution in [-0.4, -0.2) is 46.8 Å². The summed E-state index contributed by atoms with van der Waals surface area (Å²) in [6.45, 7) is 2.00. The van der Waals surface area contributed by atoms with Gasteiger partial charge >= 0.3 is 31.3 Å². The van der Waals surface area contributed by atoms with Gasteiger partial charge < -0.3 is 4.74 Å². The topological polar surface area (TPSA) is 104 Å². The zero-order valence-electron chi connectivity index (χ0n) is 17.4. The number of allylic oxidation sites excluding steroid dienone is 2. The van der Waals surface area contributed by atoms with Gasteiger partial charge in [-0.05, 0) is 49.7 Å². The molecular formula is C19H20F6O7S2. The molecule has 1 saturated heterocycles. The Balaban J connectivity index is 0.000000199. The molecule has 34 heavy (non-hydrogen) atoms. The summed E-state index contributed by atoms with van der Waals surface area (Å²) in [5.41, 5.74) is -7.96. The molecule has 1 aromatic rings. The molecular weight excluding hydrogens is 518 g/mol. The van der Waals surface area contributed by atoms with Crippen molar-refractivity contribution in [2.75, 3.05) is 13.2 Å². The number of carbonyl (C=O) groups excluding carboxylic acids is 1. The lowest BCUT2D eigenvalue weighted by Gasteiger charge is -2.12. The van der Waals surface area contributed by atoms with E-state index in [2.05, 4.69) is 6.07 Å². The summed E-state index contributed by atoms with van der Waals surface area (Å²) in [5, 5.41) is 0. The molecule has 1 fully saturated rings. The molecule has 1 aliphatic heterocycles. The number of alkyl halides is 6. The predicted octanol–water partition coefficient (Wildman–Crippen LogP) is 4.71. The highest BCUT2D eigenvalue weighted by molar-refractivity contribution is 8.00. The van der Waals surface area contributed by atoms with Gasteiger partial charge in [-0.3, -0.25) is 4.79 Å². The summed E-state index contributed by atoms with van der Waals surface area (Å²) in [4.78, 5) is 12.0. The third kappa shape index (κ3) is 6.79. The van der Waals surface area contributed by atoms with Crippen LogP contribution in [0.5, 0.6) is 0 Å². The van der Waals surface area contributed by atoms with Crippen LogP contribution in [0.2, 0.25) is 0 Å². The fraction of sp³-hybridized carbons (Fsp3) is 0.526. The van der Waals surface area contributed by atoms with Crippen LogP contribution in [0.25, 0.3) is 5.57 Å². The van der Waals surface area contributed by atoms with E-state index in [1.807, 2.05) is 21.8 Å². The zero-order chi connectivity index (χ0) is 25.8. The van der Waals surface area contributed by atoms with Gasteiger partial charge in [0.2, 0.25) is 0 Å². The first-order valence-electron chi connectivity index (χ1n) is 9.86. The normalized spacial score (nSPS) is 18.4. The van der Waals surface area contributed by atoms with Gasteiger partial charge in [0.05, 0.1) is 0 Å². The fourth-order valence-electron chi connectivity index (χ4n) is 3.27. The Morgan fingerprint density at radius 3 is 1.56 bits per heavy atom. The number of ether oxygens (including phenoxy) is 1. The lowest BCUT2D eigenvalue weighted by molar-refractivity contribution is -0.0585. The Morgan fingerprint density at radius 2 is 1.15 bits per heavy atom. The number of Topliss-reactive ketones (excluding diaryl/α,β-unsaturated/α-hetero) is 1. The second-order valence-corrected chi connectivity index (χ2v) is 10.5. The molecule has 2 aliphatic carbocycles. The SMILES string of the molecule is C1CCOC1.O=C1C2=C(CCCC2)c2ccccc21.O=S(=O)(OS(=O)(=O)C(F)(F)F)C(F)(F)F. The monoisotopic (exact) mass is 538 g/mol. The van der Waals surface area contributed by atoms with E-state index in [0.717, 1.165) is 37.2 Å². The molecule has 0 spiro atoms. The first kappa shape index (κ1) is 28.3.